The molecule has 1 aromatic heterocycles. The van der Waals surface area contributed by atoms with Crippen molar-refractivity contribution in [1.82, 2.24) is 10.2 Å². The van der Waals surface area contributed by atoms with E-state index in [1.54, 1.807) is 0 Å². The molecule has 0 fully saturated rings. The Morgan fingerprint density at radius 3 is 2.40 bits per heavy atom. The van der Waals surface area contributed by atoms with Gasteiger partial charge in [0.25, 0.3) is 0 Å². The molecule has 2 aromatic rings. The SMILES string of the molecule is CCN(CC(=O)NC(C)(C)C)Cc1cc(=O)oc2cc(C)c(C)cc12. The van der Waals surface area contributed by atoms with Crippen LogP contribution in [-0.2, 0) is 11.3 Å². The Bertz CT molecular complexity index is 831. The second-order valence-corrected chi connectivity index (χ2v) is 7.62. The van der Waals surface area contributed by atoms with E-state index in [9.17, 15) is 9.59 Å². The summed E-state index contributed by atoms with van der Waals surface area (Å²) in [5.41, 5.74) is 3.10. The zero-order chi connectivity index (χ0) is 18.8. The molecule has 25 heavy (non-hydrogen) atoms. The largest absolute Gasteiger partial charge is 0.423 e. The molecular formula is C20H28N2O3. The number of amides is 1. The van der Waals surface area contributed by atoms with E-state index in [0.717, 1.165) is 22.1 Å². The zero-order valence-electron chi connectivity index (χ0n) is 16.0. The van der Waals surface area contributed by atoms with Crippen molar-refractivity contribution in [2.24, 2.45) is 0 Å². The number of likely N-dealkylation sites (N-methyl/N-ethyl adjacent to an activating group) is 1. The third-order valence-corrected chi connectivity index (χ3v) is 4.17. The van der Waals surface area contributed by atoms with Crippen LogP contribution >= 0.6 is 0 Å². The Labute approximate surface area is 149 Å². The lowest BCUT2D eigenvalue weighted by Gasteiger charge is -2.25. The molecule has 1 amide bonds. The first-order chi connectivity index (χ1) is 11.6. The first-order valence-electron chi connectivity index (χ1n) is 8.66. The first-order valence-corrected chi connectivity index (χ1v) is 8.66. The minimum Gasteiger partial charge on any atom is -0.423 e. The molecule has 1 aromatic carbocycles. The number of hydrogen-bond donors (Lipinski definition) is 1. The Morgan fingerprint density at radius 2 is 1.80 bits per heavy atom. The predicted molar refractivity (Wildman–Crippen MR) is 101 cm³/mol. The van der Waals surface area contributed by atoms with Gasteiger partial charge in [-0.25, -0.2) is 4.79 Å². The molecule has 136 valence electrons. The summed E-state index contributed by atoms with van der Waals surface area (Å²) in [6.45, 7) is 13.5. The number of carbonyl (C=O) groups excluding carboxylic acids is 1. The zero-order valence-corrected chi connectivity index (χ0v) is 16.0. The Kier molecular flexibility index (Phi) is 5.68. The van der Waals surface area contributed by atoms with Gasteiger partial charge in [0.1, 0.15) is 5.58 Å². The summed E-state index contributed by atoms with van der Waals surface area (Å²) in [6.07, 6.45) is 0. The van der Waals surface area contributed by atoms with Crippen LogP contribution in [-0.4, -0.2) is 29.4 Å². The third-order valence-electron chi connectivity index (χ3n) is 4.17. The fraction of sp³-hybridized carbons (Fsp3) is 0.500. The summed E-state index contributed by atoms with van der Waals surface area (Å²) in [4.78, 5) is 26.1. The van der Waals surface area contributed by atoms with Crippen molar-refractivity contribution in [3.05, 3.63) is 45.3 Å². The molecule has 1 heterocycles. The van der Waals surface area contributed by atoms with Crippen molar-refractivity contribution in [2.45, 2.75) is 53.6 Å². The minimum atomic E-state index is -0.360. The lowest BCUT2D eigenvalue weighted by atomic mass is 10.0. The monoisotopic (exact) mass is 344 g/mol. The van der Waals surface area contributed by atoms with Gasteiger partial charge in [-0.05, 0) is 70.0 Å². The van der Waals surface area contributed by atoms with Crippen molar-refractivity contribution in [3.63, 3.8) is 0 Å². The Balaban J connectivity index is 2.29. The maximum Gasteiger partial charge on any atom is 0.336 e. The molecule has 2 rings (SSSR count). The quantitative estimate of drug-likeness (QED) is 0.847. The Morgan fingerprint density at radius 1 is 1.16 bits per heavy atom. The van der Waals surface area contributed by atoms with Crippen LogP contribution in [0.4, 0.5) is 0 Å². The van der Waals surface area contributed by atoms with Crippen molar-refractivity contribution in [1.29, 1.82) is 0 Å². The van der Waals surface area contributed by atoms with E-state index in [2.05, 4.69) is 5.32 Å². The predicted octanol–water partition coefficient (Wildman–Crippen LogP) is 3.15. The second-order valence-electron chi connectivity index (χ2n) is 7.62. The average molecular weight is 344 g/mol. The lowest BCUT2D eigenvalue weighted by molar-refractivity contribution is -0.123. The maximum atomic E-state index is 12.2. The van der Waals surface area contributed by atoms with Crippen LogP contribution in [0.25, 0.3) is 11.0 Å². The molecule has 5 heteroatoms. The molecule has 0 aliphatic rings. The lowest BCUT2D eigenvalue weighted by Crippen LogP contribution is -2.45. The van der Waals surface area contributed by atoms with E-state index in [0.29, 0.717) is 25.2 Å². The van der Waals surface area contributed by atoms with Crippen LogP contribution in [0, 0.1) is 13.8 Å². The summed E-state index contributed by atoms with van der Waals surface area (Å²) in [5.74, 6) is -0.0198. The molecule has 1 N–H and O–H groups in total. The van der Waals surface area contributed by atoms with Crippen molar-refractivity contribution in [3.8, 4) is 0 Å². The molecule has 0 radical (unpaired) electrons. The topological polar surface area (TPSA) is 62.6 Å². The van der Waals surface area contributed by atoms with Crippen LogP contribution in [0.5, 0.6) is 0 Å². The van der Waals surface area contributed by atoms with Crippen LogP contribution in [0.2, 0.25) is 0 Å². The highest BCUT2D eigenvalue weighted by Gasteiger charge is 2.17. The number of fused-ring (bicyclic) bond motifs is 1. The molecule has 0 saturated heterocycles. The third kappa shape index (κ3) is 5.16. The van der Waals surface area contributed by atoms with E-state index in [-0.39, 0.29) is 17.1 Å². The van der Waals surface area contributed by atoms with Crippen LogP contribution in [0.1, 0.15) is 44.4 Å². The van der Waals surface area contributed by atoms with Crippen molar-refractivity contribution >= 4 is 16.9 Å². The van der Waals surface area contributed by atoms with E-state index in [1.807, 2.05) is 58.6 Å². The van der Waals surface area contributed by atoms with Crippen LogP contribution in [0.15, 0.2) is 27.4 Å². The normalized spacial score (nSPS) is 12.0. The number of aryl methyl sites for hydroxylation is 2. The summed E-state index contributed by atoms with van der Waals surface area (Å²) in [5, 5.41) is 3.90. The highest BCUT2D eigenvalue weighted by atomic mass is 16.4. The summed E-state index contributed by atoms with van der Waals surface area (Å²) < 4.78 is 5.35. The van der Waals surface area contributed by atoms with E-state index >= 15 is 0 Å². The molecule has 0 unspecified atom stereocenters. The fourth-order valence-corrected chi connectivity index (χ4v) is 2.80. The Hall–Kier alpha value is -2.14. The molecule has 5 nitrogen and oxygen atoms in total. The smallest absolute Gasteiger partial charge is 0.336 e. The van der Waals surface area contributed by atoms with Gasteiger partial charge in [0.05, 0.1) is 6.54 Å². The first kappa shape index (κ1) is 19.2. The highest BCUT2D eigenvalue weighted by molar-refractivity contribution is 5.82. The summed E-state index contributed by atoms with van der Waals surface area (Å²) in [7, 11) is 0. The molecular weight excluding hydrogens is 316 g/mol. The van der Waals surface area contributed by atoms with Gasteiger partial charge in [0.15, 0.2) is 0 Å². The van der Waals surface area contributed by atoms with Gasteiger partial charge >= 0.3 is 5.63 Å². The number of benzene rings is 1. The molecule has 0 spiro atoms. The minimum absolute atomic E-state index is 0.0198. The average Bonchev–Trinajstić information content (AvgIpc) is 2.46. The van der Waals surface area contributed by atoms with Gasteiger partial charge in [-0.15, -0.1) is 0 Å². The fourth-order valence-electron chi connectivity index (χ4n) is 2.80. The van der Waals surface area contributed by atoms with Crippen LogP contribution < -0.4 is 10.9 Å². The van der Waals surface area contributed by atoms with Gasteiger partial charge in [-0.1, -0.05) is 6.92 Å². The summed E-state index contributed by atoms with van der Waals surface area (Å²) >= 11 is 0. The van der Waals surface area contributed by atoms with Gasteiger partial charge in [-0.2, -0.15) is 0 Å². The number of nitrogens with one attached hydrogen (secondary N) is 1. The standard InChI is InChI=1S/C20H28N2O3/c1-7-22(12-18(23)21-20(4,5)6)11-15-10-19(24)25-17-9-14(3)13(2)8-16(15)17/h8-10H,7,11-12H2,1-6H3,(H,21,23). The van der Waals surface area contributed by atoms with E-state index in [4.69, 9.17) is 4.42 Å². The number of hydrogen-bond acceptors (Lipinski definition) is 4. The van der Waals surface area contributed by atoms with Gasteiger partial charge < -0.3 is 9.73 Å². The van der Waals surface area contributed by atoms with E-state index in [1.165, 1.54) is 6.07 Å². The van der Waals surface area contributed by atoms with E-state index < -0.39 is 0 Å². The molecule has 0 aliphatic carbocycles. The van der Waals surface area contributed by atoms with Gasteiger partial charge in [-0.3, -0.25) is 9.69 Å². The summed E-state index contributed by atoms with van der Waals surface area (Å²) in [6, 6.07) is 5.48. The number of carbonyl (C=O) groups is 1. The molecule has 0 bridgehead atoms. The molecule has 0 atom stereocenters. The second kappa shape index (κ2) is 7.40. The van der Waals surface area contributed by atoms with Gasteiger partial charge in [0.2, 0.25) is 5.91 Å². The van der Waals surface area contributed by atoms with Crippen molar-refractivity contribution in [2.75, 3.05) is 13.1 Å². The molecule has 0 aliphatic heterocycles. The highest BCUT2D eigenvalue weighted by Crippen LogP contribution is 2.22. The number of nitrogens with zero attached hydrogens (tertiary/aromatic N) is 1. The van der Waals surface area contributed by atoms with Crippen molar-refractivity contribution < 1.29 is 9.21 Å². The molecule has 0 saturated carbocycles. The van der Waals surface area contributed by atoms with Gasteiger partial charge in [0, 0.05) is 23.5 Å². The van der Waals surface area contributed by atoms with Crippen LogP contribution in [0.3, 0.4) is 0 Å². The number of rotatable bonds is 5. The maximum absolute atomic E-state index is 12.2.